The van der Waals surface area contributed by atoms with E-state index in [4.69, 9.17) is 0 Å². The Balaban J connectivity index is 1.75. The Morgan fingerprint density at radius 3 is 2.53 bits per heavy atom. The highest BCUT2D eigenvalue weighted by atomic mass is 19.4. The van der Waals surface area contributed by atoms with Gasteiger partial charge in [-0.3, -0.25) is 9.69 Å². The average molecular weight is 419 g/mol. The summed E-state index contributed by atoms with van der Waals surface area (Å²) < 4.78 is 38.3. The molecule has 1 aromatic heterocycles. The van der Waals surface area contributed by atoms with E-state index in [1.807, 2.05) is 45.0 Å². The Kier molecular flexibility index (Phi) is 6.14. The van der Waals surface area contributed by atoms with Crippen LogP contribution >= 0.6 is 0 Å². The van der Waals surface area contributed by atoms with E-state index in [0.717, 1.165) is 23.4 Å². The molecule has 160 valence electrons. The minimum atomic E-state index is -4.54. The van der Waals surface area contributed by atoms with Crippen LogP contribution in [0, 0.1) is 12.8 Å². The SMILES string of the molecule is Cc1cccc(CC(=O)CN2C(=O)N(c3ccc(C(F)(F)F)nc3)C[C@@H]2C(C)C)c1. The van der Waals surface area contributed by atoms with Crippen molar-refractivity contribution in [2.45, 2.75) is 39.4 Å². The zero-order chi connectivity index (χ0) is 22.1. The fourth-order valence-electron chi connectivity index (χ4n) is 3.64. The first kappa shape index (κ1) is 21.8. The first-order chi connectivity index (χ1) is 14.1. The number of aryl methyl sites for hydroxylation is 1. The van der Waals surface area contributed by atoms with Gasteiger partial charge in [-0.2, -0.15) is 13.2 Å². The molecule has 0 N–H and O–H groups in total. The van der Waals surface area contributed by atoms with E-state index in [0.29, 0.717) is 6.54 Å². The molecule has 2 heterocycles. The van der Waals surface area contributed by atoms with Crippen molar-refractivity contribution < 1.29 is 22.8 Å². The number of halogens is 3. The van der Waals surface area contributed by atoms with Gasteiger partial charge in [-0.1, -0.05) is 43.7 Å². The van der Waals surface area contributed by atoms with Crippen LogP contribution in [0.15, 0.2) is 42.6 Å². The maximum Gasteiger partial charge on any atom is 0.433 e. The molecule has 3 rings (SSSR count). The molecule has 1 atom stereocenters. The van der Waals surface area contributed by atoms with E-state index in [2.05, 4.69) is 4.98 Å². The summed E-state index contributed by atoms with van der Waals surface area (Å²) in [7, 11) is 0. The van der Waals surface area contributed by atoms with Gasteiger partial charge in [0.1, 0.15) is 5.69 Å². The standard InChI is InChI=1S/C22H24F3N3O2/c1-14(2)19-13-27(17-7-8-20(26-11-17)22(23,24)25)21(30)28(19)12-18(29)10-16-6-4-5-15(3)9-16/h4-9,11,14,19H,10,12-13H2,1-3H3/t19-/m1/s1. The predicted molar refractivity (Wildman–Crippen MR) is 107 cm³/mol. The van der Waals surface area contributed by atoms with Gasteiger partial charge in [-0.25, -0.2) is 9.78 Å². The van der Waals surface area contributed by atoms with Crippen LogP contribution in [0.5, 0.6) is 0 Å². The zero-order valence-electron chi connectivity index (χ0n) is 17.1. The number of amides is 2. The van der Waals surface area contributed by atoms with Crippen LogP contribution in [0.1, 0.15) is 30.7 Å². The van der Waals surface area contributed by atoms with Crippen molar-refractivity contribution >= 4 is 17.5 Å². The zero-order valence-corrected chi connectivity index (χ0v) is 17.1. The second-order valence-corrected chi connectivity index (χ2v) is 7.94. The van der Waals surface area contributed by atoms with Crippen molar-refractivity contribution in [1.29, 1.82) is 0 Å². The molecule has 0 spiro atoms. The lowest BCUT2D eigenvalue weighted by Crippen LogP contribution is -2.41. The third-order valence-electron chi connectivity index (χ3n) is 5.20. The number of rotatable bonds is 6. The minimum absolute atomic E-state index is 0.0415. The van der Waals surface area contributed by atoms with Crippen LogP contribution in [-0.2, 0) is 17.4 Å². The van der Waals surface area contributed by atoms with Crippen LogP contribution in [0.3, 0.4) is 0 Å². The van der Waals surface area contributed by atoms with Crippen LogP contribution in [-0.4, -0.2) is 40.8 Å². The molecule has 1 saturated heterocycles. The lowest BCUT2D eigenvalue weighted by Gasteiger charge is -2.25. The fraction of sp³-hybridized carbons (Fsp3) is 0.409. The summed E-state index contributed by atoms with van der Waals surface area (Å²) in [6.45, 7) is 6.10. The second-order valence-electron chi connectivity index (χ2n) is 7.94. The number of pyridine rings is 1. The molecule has 1 fully saturated rings. The normalized spacial score (nSPS) is 17.2. The molecule has 1 aromatic carbocycles. The minimum Gasteiger partial charge on any atom is -0.312 e. The maximum absolute atomic E-state index is 13.0. The Hall–Kier alpha value is -2.90. The number of carbonyl (C=O) groups excluding carboxylic acids is 2. The lowest BCUT2D eigenvalue weighted by atomic mass is 10.0. The van der Waals surface area contributed by atoms with Crippen LogP contribution in [0.4, 0.5) is 23.7 Å². The number of anilines is 1. The highest BCUT2D eigenvalue weighted by molar-refractivity contribution is 5.97. The number of Topliss-reactive ketones (excluding diaryl/α,β-unsaturated/α-hetero) is 1. The molecule has 0 saturated carbocycles. The summed E-state index contributed by atoms with van der Waals surface area (Å²) in [6, 6.07) is 9.12. The van der Waals surface area contributed by atoms with Crippen molar-refractivity contribution in [2.75, 3.05) is 18.0 Å². The van der Waals surface area contributed by atoms with Crippen LogP contribution < -0.4 is 4.90 Å². The summed E-state index contributed by atoms with van der Waals surface area (Å²) in [5, 5.41) is 0. The molecule has 1 aliphatic heterocycles. The molecule has 0 bridgehead atoms. The van der Waals surface area contributed by atoms with Gasteiger partial charge >= 0.3 is 12.2 Å². The quantitative estimate of drug-likeness (QED) is 0.693. The average Bonchev–Trinajstić information content (AvgIpc) is 2.98. The number of nitrogens with zero attached hydrogens (tertiary/aromatic N) is 3. The largest absolute Gasteiger partial charge is 0.433 e. The monoisotopic (exact) mass is 419 g/mol. The number of carbonyl (C=O) groups is 2. The number of alkyl halides is 3. The summed E-state index contributed by atoms with van der Waals surface area (Å²) in [5.74, 6) is -0.0138. The smallest absolute Gasteiger partial charge is 0.312 e. The lowest BCUT2D eigenvalue weighted by molar-refractivity contribution is -0.141. The van der Waals surface area contributed by atoms with E-state index in [1.165, 1.54) is 15.9 Å². The Morgan fingerprint density at radius 2 is 1.97 bits per heavy atom. The number of hydrogen-bond acceptors (Lipinski definition) is 3. The van der Waals surface area contributed by atoms with Gasteiger partial charge in [0.05, 0.1) is 24.5 Å². The van der Waals surface area contributed by atoms with E-state index in [9.17, 15) is 22.8 Å². The number of ketones is 1. The van der Waals surface area contributed by atoms with Crippen molar-refractivity contribution in [3.8, 4) is 0 Å². The number of hydrogen-bond donors (Lipinski definition) is 0. The van der Waals surface area contributed by atoms with E-state index in [1.54, 1.807) is 0 Å². The maximum atomic E-state index is 13.0. The topological polar surface area (TPSA) is 53.5 Å². The first-order valence-corrected chi connectivity index (χ1v) is 9.75. The molecule has 0 aliphatic carbocycles. The van der Waals surface area contributed by atoms with E-state index < -0.39 is 17.9 Å². The second kappa shape index (κ2) is 8.45. The summed E-state index contributed by atoms with van der Waals surface area (Å²) in [4.78, 5) is 32.0. The van der Waals surface area contributed by atoms with Gasteiger partial charge in [0, 0.05) is 13.0 Å². The summed E-state index contributed by atoms with van der Waals surface area (Å²) in [6.07, 6.45) is -3.27. The van der Waals surface area contributed by atoms with Gasteiger partial charge in [0.2, 0.25) is 0 Å². The van der Waals surface area contributed by atoms with Gasteiger partial charge < -0.3 is 4.90 Å². The van der Waals surface area contributed by atoms with Gasteiger partial charge in [0.25, 0.3) is 0 Å². The molecule has 2 aromatic rings. The van der Waals surface area contributed by atoms with Gasteiger partial charge in [-0.15, -0.1) is 0 Å². The number of aromatic nitrogens is 1. The Bertz CT molecular complexity index is 926. The molecular formula is C22H24F3N3O2. The third kappa shape index (κ3) is 4.80. The highest BCUT2D eigenvalue weighted by Gasteiger charge is 2.41. The van der Waals surface area contributed by atoms with E-state index in [-0.39, 0.29) is 36.4 Å². The molecule has 5 nitrogen and oxygen atoms in total. The fourth-order valence-corrected chi connectivity index (χ4v) is 3.64. The third-order valence-corrected chi connectivity index (χ3v) is 5.20. The highest BCUT2D eigenvalue weighted by Crippen LogP contribution is 2.31. The van der Waals surface area contributed by atoms with Crippen molar-refractivity contribution in [2.24, 2.45) is 5.92 Å². The molecule has 1 aliphatic rings. The summed E-state index contributed by atoms with van der Waals surface area (Å²) in [5.41, 5.74) is 1.21. The van der Waals surface area contributed by atoms with Crippen LogP contribution in [0.25, 0.3) is 0 Å². The van der Waals surface area contributed by atoms with Crippen LogP contribution in [0.2, 0.25) is 0 Å². The van der Waals surface area contributed by atoms with Crippen molar-refractivity contribution in [3.05, 3.63) is 59.4 Å². The van der Waals surface area contributed by atoms with Crippen molar-refractivity contribution in [3.63, 3.8) is 0 Å². The number of benzene rings is 1. The Morgan fingerprint density at radius 1 is 1.23 bits per heavy atom. The Labute approximate surface area is 173 Å². The van der Waals surface area contributed by atoms with Crippen molar-refractivity contribution in [1.82, 2.24) is 9.88 Å². The van der Waals surface area contributed by atoms with Gasteiger partial charge in [-0.05, 0) is 30.5 Å². The summed E-state index contributed by atoms with van der Waals surface area (Å²) >= 11 is 0. The van der Waals surface area contributed by atoms with Gasteiger partial charge in [0.15, 0.2) is 5.78 Å². The molecule has 8 heteroatoms. The molecule has 0 radical (unpaired) electrons. The molecule has 0 unspecified atom stereocenters. The first-order valence-electron chi connectivity index (χ1n) is 9.75. The molecular weight excluding hydrogens is 395 g/mol. The number of urea groups is 1. The molecule has 30 heavy (non-hydrogen) atoms. The predicted octanol–water partition coefficient (Wildman–Crippen LogP) is 4.49. The van der Waals surface area contributed by atoms with E-state index >= 15 is 0 Å². The molecule has 2 amide bonds.